The largest absolute Gasteiger partial charge is 0.507 e. The molecule has 0 amide bonds. The summed E-state index contributed by atoms with van der Waals surface area (Å²) in [6.45, 7) is 4.54. The van der Waals surface area contributed by atoms with Crippen molar-refractivity contribution in [1.82, 2.24) is 4.90 Å². The summed E-state index contributed by atoms with van der Waals surface area (Å²) < 4.78 is 5.74. The van der Waals surface area contributed by atoms with Crippen molar-refractivity contribution in [3.05, 3.63) is 29.3 Å². The van der Waals surface area contributed by atoms with Gasteiger partial charge in [-0.15, -0.1) is 0 Å². The summed E-state index contributed by atoms with van der Waals surface area (Å²) in [5.41, 5.74) is 1.93. The molecule has 0 radical (unpaired) electrons. The molecule has 1 heterocycles. The molecule has 1 saturated heterocycles. The Morgan fingerprint density at radius 3 is 2.94 bits per heavy atom. The van der Waals surface area contributed by atoms with E-state index in [9.17, 15) is 5.11 Å². The van der Waals surface area contributed by atoms with E-state index in [4.69, 9.17) is 4.74 Å². The fraction of sp³-hybridized carbons (Fsp3) is 0.600. The number of aryl methyl sites for hydroxylation is 1. The Hall–Kier alpha value is -1.06. The van der Waals surface area contributed by atoms with E-state index >= 15 is 0 Å². The van der Waals surface area contributed by atoms with Crippen molar-refractivity contribution in [2.24, 2.45) is 0 Å². The van der Waals surface area contributed by atoms with Gasteiger partial charge >= 0.3 is 0 Å². The van der Waals surface area contributed by atoms with Crippen LogP contribution in [0.25, 0.3) is 0 Å². The van der Waals surface area contributed by atoms with Crippen molar-refractivity contribution in [3.8, 4) is 5.75 Å². The molecule has 0 saturated carbocycles. The summed E-state index contributed by atoms with van der Waals surface area (Å²) in [5, 5.41) is 9.99. The number of aromatic hydroxyl groups is 1. The second-order valence-corrected chi connectivity index (χ2v) is 5.27. The molecule has 0 spiro atoms. The van der Waals surface area contributed by atoms with Crippen LogP contribution in [-0.2, 0) is 11.3 Å². The summed E-state index contributed by atoms with van der Waals surface area (Å²) >= 11 is 0. The van der Waals surface area contributed by atoms with Gasteiger partial charge in [-0.25, -0.2) is 0 Å². The Bertz CT molecular complexity index is 386. The highest BCUT2D eigenvalue weighted by atomic mass is 16.5. The van der Waals surface area contributed by atoms with Gasteiger partial charge in [0.2, 0.25) is 0 Å². The van der Waals surface area contributed by atoms with Gasteiger partial charge in [-0.3, -0.25) is 4.90 Å². The first kappa shape index (κ1) is 13.4. The summed E-state index contributed by atoms with van der Waals surface area (Å²) in [7, 11) is 2.08. The van der Waals surface area contributed by atoms with Crippen molar-refractivity contribution >= 4 is 0 Å². The number of phenolic OH excluding ortho intramolecular Hbond substituents is 1. The van der Waals surface area contributed by atoms with Gasteiger partial charge in [0.1, 0.15) is 5.75 Å². The standard InChI is InChI=1S/C15H23NO2/c1-12-6-5-7-13(15(12)17)10-16(2)11-14-8-3-4-9-18-14/h5-7,14,17H,3-4,8-11H2,1-2H3. The van der Waals surface area contributed by atoms with Gasteiger partial charge in [0.15, 0.2) is 0 Å². The monoisotopic (exact) mass is 249 g/mol. The number of hydrogen-bond acceptors (Lipinski definition) is 3. The van der Waals surface area contributed by atoms with Gasteiger partial charge in [-0.2, -0.15) is 0 Å². The van der Waals surface area contributed by atoms with E-state index in [2.05, 4.69) is 11.9 Å². The molecule has 0 bridgehead atoms. The molecule has 1 aliphatic heterocycles. The third-order valence-electron chi connectivity index (χ3n) is 3.55. The maximum absolute atomic E-state index is 9.99. The SMILES string of the molecule is Cc1cccc(CN(C)CC2CCCCO2)c1O. The number of hydrogen-bond donors (Lipinski definition) is 1. The molecule has 1 unspecified atom stereocenters. The number of ether oxygens (including phenoxy) is 1. The average Bonchev–Trinajstić information content (AvgIpc) is 2.36. The van der Waals surface area contributed by atoms with Crippen LogP contribution in [0, 0.1) is 6.92 Å². The van der Waals surface area contributed by atoms with Gasteiger partial charge in [-0.05, 0) is 38.8 Å². The highest BCUT2D eigenvalue weighted by molar-refractivity contribution is 5.39. The third-order valence-corrected chi connectivity index (χ3v) is 3.55. The van der Waals surface area contributed by atoms with Gasteiger partial charge in [0.05, 0.1) is 6.10 Å². The topological polar surface area (TPSA) is 32.7 Å². The second-order valence-electron chi connectivity index (χ2n) is 5.27. The molecule has 0 aliphatic carbocycles. The van der Waals surface area contributed by atoms with E-state index < -0.39 is 0 Å². The van der Waals surface area contributed by atoms with Crippen LogP contribution >= 0.6 is 0 Å². The van der Waals surface area contributed by atoms with Gasteiger partial charge in [-0.1, -0.05) is 18.2 Å². The van der Waals surface area contributed by atoms with Crippen molar-refractivity contribution in [1.29, 1.82) is 0 Å². The lowest BCUT2D eigenvalue weighted by molar-refractivity contribution is -0.00267. The summed E-state index contributed by atoms with van der Waals surface area (Å²) in [4.78, 5) is 2.23. The molecule has 1 N–H and O–H groups in total. The Labute approximate surface area is 109 Å². The van der Waals surface area contributed by atoms with E-state index in [1.807, 2.05) is 25.1 Å². The number of phenols is 1. The van der Waals surface area contributed by atoms with Gasteiger partial charge < -0.3 is 9.84 Å². The van der Waals surface area contributed by atoms with Crippen LogP contribution in [0.3, 0.4) is 0 Å². The minimum atomic E-state index is 0.357. The molecule has 100 valence electrons. The van der Waals surface area contributed by atoms with Crippen molar-refractivity contribution in [3.63, 3.8) is 0 Å². The first-order valence-corrected chi connectivity index (χ1v) is 6.74. The van der Waals surface area contributed by atoms with Crippen molar-refractivity contribution in [2.45, 2.75) is 38.8 Å². The van der Waals surface area contributed by atoms with Crippen LogP contribution in [0.2, 0.25) is 0 Å². The number of likely N-dealkylation sites (N-methyl/N-ethyl adjacent to an activating group) is 1. The second kappa shape index (κ2) is 6.21. The summed E-state index contributed by atoms with van der Waals surface area (Å²) in [6.07, 6.45) is 3.98. The molecule has 1 aromatic rings. The maximum atomic E-state index is 9.99. The van der Waals surface area contributed by atoms with Crippen LogP contribution in [-0.4, -0.2) is 36.3 Å². The Morgan fingerprint density at radius 2 is 2.22 bits per heavy atom. The zero-order valence-electron chi connectivity index (χ0n) is 11.4. The molecule has 2 rings (SSSR count). The molecule has 3 nitrogen and oxygen atoms in total. The average molecular weight is 249 g/mol. The zero-order chi connectivity index (χ0) is 13.0. The van der Waals surface area contributed by atoms with Gasteiger partial charge in [0.25, 0.3) is 0 Å². The normalized spacial score (nSPS) is 20.3. The molecule has 1 aromatic carbocycles. The van der Waals surface area contributed by atoms with Crippen LogP contribution in [0.4, 0.5) is 0 Å². The van der Waals surface area contributed by atoms with Crippen LogP contribution in [0.5, 0.6) is 5.75 Å². The maximum Gasteiger partial charge on any atom is 0.122 e. The minimum absolute atomic E-state index is 0.357. The van der Waals surface area contributed by atoms with E-state index in [1.54, 1.807) is 0 Å². The van der Waals surface area contributed by atoms with Crippen LogP contribution < -0.4 is 0 Å². The Morgan fingerprint density at radius 1 is 1.39 bits per heavy atom. The molecular weight excluding hydrogens is 226 g/mol. The van der Waals surface area contributed by atoms with E-state index in [0.717, 1.165) is 37.2 Å². The van der Waals surface area contributed by atoms with E-state index in [0.29, 0.717) is 11.9 Å². The quantitative estimate of drug-likeness (QED) is 0.890. The minimum Gasteiger partial charge on any atom is -0.507 e. The molecule has 0 aromatic heterocycles. The summed E-state index contributed by atoms with van der Waals surface area (Å²) in [6, 6.07) is 5.92. The predicted octanol–water partition coefficient (Wildman–Crippen LogP) is 2.70. The first-order valence-electron chi connectivity index (χ1n) is 6.74. The van der Waals surface area contributed by atoms with Gasteiger partial charge in [0, 0.05) is 25.3 Å². The molecule has 1 fully saturated rings. The molecule has 3 heteroatoms. The van der Waals surface area contributed by atoms with Crippen molar-refractivity contribution < 1.29 is 9.84 Å². The fourth-order valence-corrected chi connectivity index (χ4v) is 2.50. The van der Waals surface area contributed by atoms with E-state index in [1.165, 1.54) is 12.8 Å². The smallest absolute Gasteiger partial charge is 0.122 e. The zero-order valence-corrected chi connectivity index (χ0v) is 11.4. The molecule has 1 aliphatic rings. The summed E-state index contributed by atoms with van der Waals surface area (Å²) in [5.74, 6) is 0.425. The number of nitrogens with zero attached hydrogens (tertiary/aromatic N) is 1. The van der Waals surface area contributed by atoms with Crippen molar-refractivity contribution in [2.75, 3.05) is 20.2 Å². The lowest BCUT2D eigenvalue weighted by atomic mass is 10.1. The van der Waals surface area contributed by atoms with Crippen LogP contribution in [0.15, 0.2) is 18.2 Å². The number of benzene rings is 1. The number of para-hydroxylation sites is 1. The first-order chi connectivity index (χ1) is 8.66. The number of rotatable bonds is 4. The lowest BCUT2D eigenvalue weighted by Gasteiger charge is -2.27. The lowest BCUT2D eigenvalue weighted by Crippen LogP contribution is -2.33. The highest BCUT2D eigenvalue weighted by Gasteiger charge is 2.16. The third kappa shape index (κ3) is 3.47. The van der Waals surface area contributed by atoms with E-state index in [-0.39, 0.29) is 0 Å². The molecule has 18 heavy (non-hydrogen) atoms. The molecule has 1 atom stereocenters. The molecular formula is C15H23NO2. The fourth-order valence-electron chi connectivity index (χ4n) is 2.50. The highest BCUT2D eigenvalue weighted by Crippen LogP contribution is 2.23. The Balaban J connectivity index is 1.90. The Kier molecular flexibility index (Phi) is 4.61. The predicted molar refractivity (Wildman–Crippen MR) is 72.8 cm³/mol. The van der Waals surface area contributed by atoms with Crippen LogP contribution in [0.1, 0.15) is 30.4 Å².